The molecular weight excluding hydrogens is 486 g/mol. The van der Waals surface area contributed by atoms with E-state index in [1.165, 1.54) is 54.9 Å². The lowest BCUT2D eigenvalue weighted by Crippen LogP contribution is -2.15. The summed E-state index contributed by atoms with van der Waals surface area (Å²) in [6.07, 6.45) is 5.89. The van der Waals surface area contributed by atoms with Gasteiger partial charge in [-0.15, -0.1) is 0 Å². The van der Waals surface area contributed by atoms with Gasteiger partial charge in [0.25, 0.3) is 0 Å². The van der Waals surface area contributed by atoms with Crippen molar-refractivity contribution in [3.05, 3.63) is 145 Å². The molecule has 2 heterocycles. The lowest BCUT2D eigenvalue weighted by Gasteiger charge is -2.25. The van der Waals surface area contributed by atoms with E-state index < -0.39 is 0 Å². The largest absolute Gasteiger partial charge is 0.455 e. The van der Waals surface area contributed by atoms with Gasteiger partial charge in [0.2, 0.25) is 0 Å². The molecule has 5 aromatic carbocycles. The Hall–Kier alpha value is -4.82. The SMILES string of the molecule is CC1CC(c2ccccc2)=CC(c2ccccc2)=C[C@@H]1n1c2ccccc2c2c3oc4ccccc4c3ccc21. The van der Waals surface area contributed by atoms with Gasteiger partial charge in [0.05, 0.1) is 16.9 Å². The maximum absolute atomic E-state index is 6.55. The van der Waals surface area contributed by atoms with E-state index in [4.69, 9.17) is 4.42 Å². The van der Waals surface area contributed by atoms with Crippen molar-refractivity contribution in [1.82, 2.24) is 4.57 Å². The number of hydrogen-bond donors (Lipinski definition) is 0. The highest BCUT2D eigenvalue weighted by atomic mass is 16.3. The van der Waals surface area contributed by atoms with E-state index in [0.29, 0.717) is 5.92 Å². The van der Waals surface area contributed by atoms with Crippen LogP contribution in [0.2, 0.25) is 0 Å². The maximum Gasteiger partial charge on any atom is 0.145 e. The minimum absolute atomic E-state index is 0.164. The van der Waals surface area contributed by atoms with E-state index in [0.717, 1.165) is 17.6 Å². The molecule has 0 N–H and O–H groups in total. The van der Waals surface area contributed by atoms with E-state index in [9.17, 15) is 0 Å². The summed E-state index contributed by atoms with van der Waals surface area (Å²) < 4.78 is 9.11. The normalized spacial score (nSPS) is 17.8. The zero-order valence-electron chi connectivity index (χ0n) is 22.4. The monoisotopic (exact) mass is 515 g/mol. The molecule has 2 nitrogen and oxygen atoms in total. The molecule has 0 bridgehead atoms. The summed E-state index contributed by atoms with van der Waals surface area (Å²) >= 11 is 0. The number of rotatable bonds is 3. The van der Waals surface area contributed by atoms with Crippen LogP contribution in [0.15, 0.2) is 138 Å². The minimum atomic E-state index is 0.164. The summed E-state index contributed by atoms with van der Waals surface area (Å²) in [5, 5.41) is 4.78. The number of aromatic nitrogens is 1. The van der Waals surface area contributed by atoms with Crippen molar-refractivity contribution in [2.24, 2.45) is 5.92 Å². The Bertz CT molecular complexity index is 2090. The third-order valence-electron chi connectivity index (χ3n) is 8.57. The molecule has 0 fully saturated rings. The molecule has 1 aliphatic rings. The molecule has 2 aromatic heterocycles. The van der Waals surface area contributed by atoms with Gasteiger partial charge in [-0.25, -0.2) is 0 Å². The van der Waals surface area contributed by atoms with Crippen molar-refractivity contribution < 1.29 is 4.42 Å². The molecule has 8 rings (SSSR count). The topological polar surface area (TPSA) is 18.1 Å². The van der Waals surface area contributed by atoms with Crippen LogP contribution in [0.1, 0.15) is 30.5 Å². The van der Waals surface area contributed by atoms with Crippen molar-refractivity contribution >= 4 is 54.9 Å². The van der Waals surface area contributed by atoms with Gasteiger partial charge in [-0.1, -0.05) is 116 Å². The Morgan fingerprint density at radius 1 is 0.625 bits per heavy atom. The number of hydrogen-bond acceptors (Lipinski definition) is 1. The summed E-state index contributed by atoms with van der Waals surface area (Å²) in [7, 11) is 0. The Balaban J connectivity index is 1.40. The van der Waals surface area contributed by atoms with Gasteiger partial charge in [0.1, 0.15) is 11.2 Å². The number of allylic oxidation sites excluding steroid dienone is 4. The van der Waals surface area contributed by atoms with Crippen LogP contribution in [0.5, 0.6) is 0 Å². The fourth-order valence-electron chi connectivity index (χ4n) is 6.69. The van der Waals surface area contributed by atoms with Crippen LogP contribution >= 0.6 is 0 Å². The second-order valence-electron chi connectivity index (χ2n) is 11.0. The Labute approximate surface area is 233 Å². The number of fused-ring (bicyclic) bond motifs is 7. The van der Waals surface area contributed by atoms with E-state index >= 15 is 0 Å². The first kappa shape index (κ1) is 23.1. The van der Waals surface area contributed by atoms with Crippen LogP contribution in [-0.2, 0) is 0 Å². The smallest absolute Gasteiger partial charge is 0.145 e. The molecule has 0 spiro atoms. The Morgan fingerprint density at radius 3 is 2.10 bits per heavy atom. The average molecular weight is 516 g/mol. The lowest BCUT2D eigenvalue weighted by atomic mass is 9.91. The van der Waals surface area contributed by atoms with Crippen molar-refractivity contribution in [2.75, 3.05) is 0 Å². The van der Waals surface area contributed by atoms with Gasteiger partial charge in [-0.2, -0.15) is 0 Å². The van der Waals surface area contributed by atoms with Crippen molar-refractivity contribution in [3.63, 3.8) is 0 Å². The molecule has 192 valence electrons. The molecule has 1 aliphatic carbocycles. The van der Waals surface area contributed by atoms with Crippen molar-refractivity contribution in [1.29, 1.82) is 0 Å². The molecule has 0 amide bonds. The predicted molar refractivity (Wildman–Crippen MR) is 168 cm³/mol. The molecule has 0 aliphatic heterocycles. The molecular formula is C38H29NO. The average Bonchev–Trinajstić information content (AvgIpc) is 3.49. The van der Waals surface area contributed by atoms with Crippen molar-refractivity contribution in [3.8, 4) is 0 Å². The second kappa shape index (κ2) is 9.14. The standard InChI is InChI=1S/C38H29NO/c1-25-22-28(26-12-4-2-5-13-26)23-29(27-14-6-3-7-15-27)24-35(25)39-33-18-10-8-17-32(33)37-34(39)21-20-31-30-16-9-11-19-36(30)40-38(31)37/h2-21,23-25,35H,22H2,1H3/t25?,35-/m0/s1. The van der Waals surface area contributed by atoms with Gasteiger partial charge < -0.3 is 8.98 Å². The number of para-hydroxylation sites is 2. The van der Waals surface area contributed by atoms with Crippen LogP contribution < -0.4 is 0 Å². The highest BCUT2D eigenvalue weighted by molar-refractivity contribution is 6.23. The maximum atomic E-state index is 6.55. The van der Waals surface area contributed by atoms with Crippen molar-refractivity contribution in [2.45, 2.75) is 19.4 Å². The molecule has 0 saturated heterocycles. The second-order valence-corrected chi connectivity index (χ2v) is 11.0. The first-order valence-corrected chi connectivity index (χ1v) is 14.1. The van der Waals surface area contributed by atoms with Crippen LogP contribution in [0.3, 0.4) is 0 Å². The third kappa shape index (κ3) is 3.56. The van der Waals surface area contributed by atoms with Gasteiger partial charge in [-0.05, 0) is 58.9 Å². The third-order valence-corrected chi connectivity index (χ3v) is 8.57. The molecule has 0 saturated carbocycles. The highest BCUT2D eigenvalue weighted by Crippen LogP contribution is 2.44. The van der Waals surface area contributed by atoms with E-state index in [2.05, 4.69) is 139 Å². The lowest BCUT2D eigenvalue weighted by molar-refractivity contribution is 0.446. The van der Waals surface area contributed by atoms with Crippen LogP contribution in [0.25, 0.3) is 54.9 Å². The molecule has 7 aromatic rings. The fourth-order valence-corrected chi connectivity index (χ4v) is 6.69. The summed E-state index contributed by atoms with van der Waals surface area (Å²) in [4.78, 5) is 0. The van der Waals surface area contributed by atoms with E-state index in [1.807, 2.05) is 6.07 Å². The molecule has 2 heteroatoms. The molecule has 40 heavy (non-hydrogen) atoms. The predicted octanol–water partition coefficient (Wildman–Crippen LogP) is 10.4. The van der Waals surface area contributed by atoms with E-state index in [-0.39, 0.29) is 6.04 Å². The molecule has 2 atom stereocenters. The summed E-state index contributed by atoms with van der Waals surface area (Å²) in [6.45, 7) is 2.40. The summed E-state index contributed by atoms with van der Waals surface area (Å²) in [5.41, 5.74) is 9.57. The number of benzene rings is 5. The van der Waals surface area contributed by atoms with Crippen LogP contribution in [0, 0.1) is 5.92 Å². The minimum Gasteiger partial charge on any atom is -0.455 e. The van der Waals surface area contributed by atoms with Crippen LogP contribution in [0.4, 0.5) is 0 Å². The van der Waals surface area contributed by atoms with Crippen LogP contribution in [-0.4, -0.2) is 4.57 Å². The number of furan rings is 1. The summed E-state index contributed by atoms with van der Waals surface area (Å²) in [5.74, 6) is 0.373. The first-order chi connectivity index (χ1) is 19.8. The Kier molecular flexibility index (Phi) is 5.28. The number of nitrogens with zero attached hydrogens (tertiary/aromatic N) is 1. The first-order valence-electron chi connectivity index (χ1n) is 14.1. The van der Waals surface area contributed by atoms with Gasteiger partial charge in [0.15, 0.2) is 0 Å². The zero-order chi connectivity index (χ0) is 26.6. The van der Waals surface area contributed by atoms with Gasteiger partial charge in [0, 0.05) is 21.7 Å². The molecule has 1 unspecified atom stereocenters. The zero-order valence-corrected chi connectivity index (χ0v) is 22.4. The fraction of sp³-hybridized carbons (Fsp3) is 0.105. The van der Waals surface area contributed by atoms with Gasteiger partial charge >= 0.3 is 0 Å². The van der Waals surface area contributed by atoms with Gasteiger partial charge in [-0.3, -0.25) is 0 Å². The molecule has 0 radical (unpaired) electrons. The highest BCUT2D eigenvalue weighted by Gasteiger charge is 2.27. The Morgan fingerprint density at radius 2 is 1.30 bits per heavy atom. The quantitative estimate of drug-likeness (QED) is 0.229. The summed E-state index contributed by atoms with van der Waals surface area (Å²) in [6, 6.07) is 43.5. The van der Waals surface area contributed by atoms with E-state index in [1.54, 1.807) is 0 Å².